The van der Waals surface area contributed by atoms with Gasteiger partial charge in [-0.3, -0.25) is 15.9 Å². The molecule has 0 bridgehead atoms. The molecule has 2 aromatic rings. The summed E-state index contributed by atoms with van der Waals surface area (Å²) in [5.74, 6) is 9.60. The number of nitrogens with one attached hydrogen (secondary N) is 5. The van der Waals surface area contributed by atoms with Gasteiger partial charge in [-0.15, -0.1) is 0 Å². The molecule has 2 rings (SSSR count). The third-order valence-electron chi connectivity index (χ3n) is 2.66. The van der Waals surface area contributed by atoms with Crippen LogP contribution < -0.4 is 22.5 Å². The van der Waals surface area contributed by atoms with Crippen molar-refractivity contribution in [2.45, 2.75) is 5.92 Å². The quantitative estimate of drug-likeness (QED) is 0.169. The topological polar surface area (TPSA) is 152 Å². The first-order valence-electron chi connectivity index (χ1n) is 5.22. The minimum atomic E-state index is -0.754. The number of fused-ring (bicyclic) bond motifs is 1. The molecule has 0 spiro atoms. The zero-order valence-electron chi connectivity index (χ0n) is 9.49. The molecule has 1 aromatic heterocycles. The van der Waals surface area contributed by atoms with Crippen LogP contribution in [-0.2, 0) is 0 Å². The van der Waals surface area contributed by atoms with Crippen LogP contribution in [0.2, 0.25) is 0 Å². The van der Waals surface area contributed by atoms with Gasteiger partial charge in [-0.2, -0.15) is 5.10 Å². The summed E-state index contributed by atoms with van der Waals surface area (Å²) in [7, 11) is 0. The van der Waals surface area contributed by atoms with Gasteiger partial charge in [0.2, 0.25) is 0 Å². The lowest BCUT2D eigenvalue weighted by Crippen LogP contribution is -2.44. The van der Waals surface area contributed by atoms with E-state index in [-0.39, 0.29) is 11.7 Å². The lowest BCUT2D eigenvalue weighted by molar-refractivity contribution is 0.873. The highest BCUT2D eigenvalue weighted by Crippen LogP contribution is 2.23. The van der Waals surface area contributed by atoms with Gasteiger partial charge in [-0.05, 0) is 6.07 Å². The minimum absolute atomic E-state index is 0.0600. The second kappa shape index (κ2) is 4.82. The number of H-pyrrole nitrogens is 1. The molecule has 94 valence electrons. The van der Waals surface area contributed by atoms with E-state index < -0.39 is 5.92 Å². The third-order valence-corrected chi connectivity index (χ3v) is 2.66. The Bertz CT molecular complexity index is 570. The molecule has 1 aromatic carbocycles. The molecule has 1 heterocycles. The van der Waals surface area contributed by atoms with Crippen molar-refractivity contribution in [1.82, 2.24) is 21.0 Å². The van der Waals surface area contributed by atoms with Gasteiger partial charge in [0.05, 0.1) is 11.2 Å². The van der Waals surface area contributed by atoms with Crippen molar-refractivity contribution < 1.29 is 0 Å². The fourth-order valence-electron chi connectivity index (χ4n) is 1.79. The summed E-state index contributed by atoms with van der Waals surface area (Å²) < 4.78 is 0. The zero-order chi connectivity index (χ0) is 13.1. The third kappa shape index (κ3) is 1.90. The molecule has 0 atom stereocenters. The van der Waals surface area contributed by atoms with Crippen LogP contribution in [0.4, 0.5) is 0 Å². The first kappa shape index (κ1) is 12.0. The largest absolute Gasteiger partial charge is 0.312 e. The number of nitrogens with two attached hydrogens (primary N) is 2. The molecule has 18 heavy (non-hydrogen) atoms. The number of hydrogen-bond acceptors (Lipinski definition) is 5. The van der Waals surface area contributed by atoms with E-state index in [1.807, 2.05) is 24.3 Å². The summed E-state index contributed by atoms with van der Waals surface area (Å²) in [6, 6.07) is 7.45. The standard InChI is InChI=1S/C10H14N8/c11-9(15-13)7(10(12)16-14)8-5-3-1-2-4-6(5)17-18-8/h1-4,7H,13-14H2,(H2,11,15)(H2,12,16)(H,17,18). The van der Waals surface area contributed by atoms with Crippen molar-refractivity contribution in [3.05, 3.63) is 30.0 Å². The van der Waals surface area contributed by atoms with E-state index in [9.17, 15) is 0 Å². The van der Waals surface area contributed by atoms with E-state index in [2.05, 4.69) is 21.0 Å². The van der Waals surface area contributed by atoms with Gasteiger partial charge in [0.1, 0.15) is 17.6 Å². The molecule has 8 heteroatoms. The SMILES string of the molecule is N=C(NN)C(C(=N)NN)c1n[nH]c2ccccc12. The first-order chi connectivity index (χ1) is 8.69. The van der Waals surface area contributed by atoms with Crippen LogP contribution in [0, 0.1) is 10.8 Å². The molecule has 0 aliphatic heterocycles. The zero-order valence-corrected chi connectivity index (χ0v) is 9.49. The first-order valence-corrected chi connectivity index (χ1v) is 5.22. The van der Waals surface area contributed by atoms with E-state index in [1.54, 1.807) is 0 Å². The van der Waals surface area contributed by atoms with Crippen LogP contribution in [0.25, 0.3) is 10.9 Å². The Labute approximate surface area is 103 Å². The van der Waals surface area contributed by atoms with E-state index in [4.69, 9.17) is 22.5 Å². The van der Waals surface area contributed by atoms with E-state index in [0.29, 0.717) is 5.69 Å². The number of benzene rings is 1. The monoisotopic (exact) mass is 246 g/mol. The van der Waals surface area contributed by atoms with Crippen LogP contribution in [-0.4, -0.2) is 21.9 Å². The number of nitrogens with zero attached hydrogens (tertiary/aromatic N) is 1. The molecule has 0 unspecified atom stereocenters. The predicted octanol–water partition coefficient (Wildman–Crippen LogP) is -0.472. The molecule has 0 fully saturated rings. The van der Waals surface area contributed by atoms with Crippen molar-refractivity contribution in [3.63, 3.8) is 0 Å². The Morgan fingerprint density at radius 1 is 1.17 bits per heavy atom. The fourth-order valence-corrected chi connectivity index (χ4v) is 1.79. The van der Waals surface area contributed by atoms with Crippen LogP contribution in [0.1, 0.15) is 11.6 Å². The van der Waals surface area contributed by atoms with Crippen LogP contribution >= 0.6 is 0 Å². The van der Waals surface area contributed by atoms with E-state index in [0.717, 1.165) is 10.9 Å². The average Bonchev–Trinajstić information content (AvgIpc) is 2.82. The number of rotatable bonds is 3. The molecule has 9 N–H and O–H groups in total. The molecule has 0 aliphatic rings. The highest BCUT2D eigenvalue weighted by Gasteiger charge is 2.26. The number of para-hydroxylation sites is 1. The summed E-state index contributed by atoms with van der Waals surface area (Å²) in [6.45, 7) is 0. The Morgan fingerprint density at radius 3 is 2.39 bits per heavy atom. The molecule has 0 radical (unpaired) electrons. The highest BCUT2D eigenvalue weighted by atomic mass is 15.3. The summed E-state index contributed by atoms with van der Waals surface area (Å²) in [4.78, 5) is 0. The van der Waals surface area contributed by atoms with Crippen molar-refractivity contribution >= 4 is 22.6 Å². The van der Waals surface area contributed by atoms with E-state index in [1.165, 1.54) is 0 Å². The molecule has 0 aliphatic carbocycles. The number of aromatic nitrogens is 2. The van der Waals surface area contributed by atoms with Gasteiger partial charge in [0.15, 0.2) is 0 Å². The maximum absolute atomic E-state index is 7.75. The average molecular weight is 246 g/mol. The molecular formula is C10H14N8. The Balaban J connectivity index is 2.54. The fraction of sp³-hybridized carbons (Fsp3) is 0.100. The van der Waals surface area contributed by atoms with Crippen molar-refractivity contribution in [2.24, 2.45) is 11.7 Å². The Kier molecular flexibility index (Phi) is 3.22. The number of hydrogen-bond donors (Lipinski definition) is 7. The van der Waals surface area contributed by atoms with Gasteiger partial charge < -0.3 is 10.9 Å². The van der Waals surface area contributed by atoms with Crippen LogP contribution in [0.15, 0.2) is 24.3 Å². The Hall–Kier alpha value is -2.45. The van der Waals surface area contributed by atoms with Gasteiger partial charge in [0, 0.05) is 5.39 Å². The van der Waals surface area contributed by atoms with Gasteiger partial charge in [-0.1, -0.05) is 18.2 Å². The van der Waals surface area contributed by atoms with Gasteiger partial charge >= 0.3 is 0 Å². The predicted molar refractivity (Wildman–Crippen MR) is 68.9 cm³/mol. The maximum Gasteiger partial charge on any atom is 0.125 e. The van der Waals surface area contributed by atoms with E-state index >= 15 is 0 Å². The normalized spacial score (nSPS) is 12.1. The summed E-state index contributed by atoms with van der Waals surface area (Å²) >= 11 is 0. The lowest BCUT2D eigenvalue weighted by atomic mass is 9.99. The van der Waals surface area contributed by atoms with Crippen molar-refractivity contribution in [1.29, 1.82) is 10.8 Å². The van der Waals surface area contributed by atoms with Gasteiger partial charge in [-0.25, -0.2) is 11.7 Å². The van der Waals surface area contributed by atoms with Crippen LogP contribution in [0.3, 0.4) is 0 Å². The molecular weight excluding hydrogens is 232 g/mol. The second-order valence-corrected chi connectivity index (χ2v) is 3.70. The number of hydrazine groups is 2. The Morgan fingerprint density at radius 2 is 1.78 bits per heavy atom. The smallest absolute Gasteiger partial charge is 0.125 e. The number of aromatic amines is 1. The lowest BCUT2D eigenvalue weighted by Gasteiger charge is -2.16. The van der Waals surface area contributed by atoms with Crippen molar-refractivity contribution in [2.75, 3.05) is 0 Å². The van der Waals surface area contributed by atoms with Gasteiger partial charge in [0.25, 0.3) is 0 Å². The highest BCUT2D eigenvalue weighted by molar-refractivity contribution is 6.09. The molecule has 0 saturated carbocycles. The summed E-state index contributed by atoms with van der Waals surface area (Å²) in [6.07, 6.45) is 0. The van der Waals surface area contributed by atoms with Crippen LogP contribution in [0.5, 0.6) is 0 Å². The summed E-state index contributed by atoms with van der Waals surface area (Å²) in [5, 5.41) is 23.3. The minimum Gasteiger partial charge on any atom is -0.312 e. The number of amidine groups is 2. The van der Waals surface area contributed by atoms with Crippen molar-refractivity contribution in [3.8, 4) is 0 Å². The maximum atomic E-state index is 7.75. The molecule has 0 saturated heterocycles. The second-order valence-electron chi connectivity index (χ2n) is 3.70. The molecule has 8 nitrogen and oxygen atoms in total. The summed E-state index contributed by atoms with van der Waals surface area (Å²) in [5.41, 5.74) is 5.80. The molecule has 0 amide bonds.